The fourth-order valence-electron chi connectivity index (χ4n) is 4.12. The van der Waals surface area contributed by atoms with E-state index in [1.807, 2.05) is 24.2 Å². The average molecular weight is 392 g/mol. The maximum Gasteiger partial charge on any atom is 0.0353 e. The minimum Gasteiger partial charge on any atom is -0.264 e. The Labute approximate surface area is 175 Å². The van der Waals surface area contributed by atoms with Gasteiger partial charge in [-0.15, -0.1) is 0 Å². The van der Waals surface area contributed by atoms with Gasteiger partial charge in [0.2, 0.25) is 0 Å². The Balaban J connectivity index is 1.85. The smallest absolute Gasteiger partial charge is 0.0353 e. The Morgan fingerprint density at radius 1 is 0.655 bits per heavy atom. The number of aryl methyl sites for hydroxylation is 2. The van der Waals surface area contributed by atoms with Crippen LogP contribution in [0.2, 0.25) is 0 Å². The number of fused-ring (bicyclic) bond motifs is 2. The first-order valence-electron chi connectivity index (χ1n) is 9.81. The van der Waals surface area contributed by atoms with Gasteiger partial charge in [0.25, 0.3) is 0 Å². The number of benzene rings is 4. The first-order chi connectivity index (χ1) is 14.2. The van der Waals surface area contributed by atoms with E-state index in [-0.39, 0.29) is 0 Å². The summed E-state index contributed by atoms with van der Waals surface area (Å²) in [4.78, 5) is 7.04. The van der Waals surface area contributed by atoms with Crippen LogP contribution in [0, 0.1) is 13.8 Å². The molecule has 5 aromatic rings. The van der Waals surface area contributed by atoms with Crippen molar-refractivity contribution in [2.45, 2.75) is 23.6 Å². The van der Waals surface area contributed by atoms with Crippen LogP contribution in [0.15, 0.2) is 101 Å². The monoisotopic (exact) mass is 391 g/mol. The fraction of sp³-hybridized carbons (Fsp3) is 0.0741. The fourth-order valence-corrected chi connectivity index (χ4v) is 5.42. The molecule has 0 saturated heterocycles. The third kappa shape index (κ3) is 3.30. The molecule has 1 heterocycles. The van der Waals surface area contributed by atoms with E-state index in [2.05, 4.69) is 97.7 Å². The Kier molecular flexibility index (Phi) is 4.57. The molecule has 0 aliphatic heterocycles. The standard InChI is InChI=1S/C27H21NS/c1-18-14-19(2)16-21(15-18)29-27-23-11-7-6-10-22(23)26(20-8-4-3-5-9-20)25-17-28-13-12-24(25)27/h3-17H,1-2H3. The highest BCUT2D eigenvalue weighted by atomic mass is 32.2. The van der Waals surface area contributed by atoms with Crippen LogP contribution in [0.3, 0.4) is 0 Å². The van der Waals surface area contributed by atoms with Gasteiger partial charge in [0.15, 0.2) is 0 Å². The number of rotatable bonds is 3. The first-order valence-corrected chi connectivity index (χ1v) is 10.6. The zero-order chi connectivity index (χ0) is 19.8. The van der Waals surface area contributed by atoms with E-state index in [4.69, 9.17) is 0 Å². The Morgan fingerprint density at radius 3 is 2.07 bits per heavy atom. The molecular formula is C27H21NS. The maximum atomic E-state index is 4.47. The van der Waals surface area contributed by atoms with Crippen molar-refractivity contribution in [2.75, 3.05) is 0 Å². The summed E-state index contributed by atoms with van der Waals surface area (Å²) < 4.78 is 0. The lowest BCUT2D eigenvalue weighted by Gasteiger charge is -2.17. The van der Waals surface area contributed by atoms with E-state index in [1.54, 1.807) is 0 Å². The van der Waals surface area contributed by atoms with Crippen LogP contribution in [0.1, 0.15) is 11.1 Å². The Hall–Kier alpha value is -3.10. The molecule has 0 atom stereocenters. The third-order valence-corrected chi connectivity index (χ3v) is 6.37. The van der Waals surface area contributed by atoms with Crippen LogP contribution in [-0.4, -0.2) is 4.98 Å². The summed E-state index contributed by atoms with van der Waals surface area (Å²) in [7, 11) is 0. The molecule has 0 bridgehead atoms. The minimum absolute atomic E-state index is 1.20. The van der Waals surface area contributed by atoms with Gasteiger partial charge in [-0.25, -0.2) is 0 Å². The molecule has 1 nitrogen and oxygen atoms in total. The molecule has 0 N–H and O–H groups in total. The topological polar surface area (TPSA) is 12.9 Å². The molecule has 0 aliphatic carbocycles. The number of nitrogens with zero attached hydrogens (tertiary/aromatic N) is 1. The lowest BCUT2D eigenvalue weighted by Crippen LogP contribution is -1.90. The Morgan fingerprint density at radius 2 is 1.31 bits per heavy atom. The summed E-state index contributed by atoms with van der Waals surface area (Å²) in [6.07, 6.45) is 3.91. The second kappa shape index (κ2) is 7.38. The average Bonchev–Trinajstić information content (AvgIpc) is 2.74. The van der Waals surface area contributed by atoms with Crippen LogP contribution in [0.4, 0.5) is 0 Å². The summed E-state index contributed by atoms with van der Waals surface area (Å²) in [5.41, 5.74) is 5.08. The van der Waals surface area contributed by atoms with Crippen molar-refractivity contribution in [1.82, 2.24) is 4.98 Å². The largest absolute Gasteiger partial charge is 0.264 e. The second-order valence-corrected chi connectivity index (χ2v) is 8.55. The molecule has 4 aromatic carbocycles. The van der Waals surface area contributed by atoms with Gasteiger partial charge in [-0.05, 0) is 70.5 Å². The van der Waals surface area contributed by atoms with Gasteiger partial charge in [0.1, 0.15) is 0 Å². The molecular weight excluding hydrogens is 370 g/mol. The van der Waals surface area contributed by atoms with Gasteiger partial charge >= 0.3 is 0 Å². The summed E-state index contributed by atoms with van der Waals surface area (Å²) >= 11 is 1.85. The summed E-state index contributed by atoms with van der Waals surface area (Å²) in [5.74, 6) is 0. The van der Waals surface area contributed by atoms with Gasteiger partial charge in [0.05, 0.1) is 0 Å². The number of hydrogen-bond donors (Lipinski definition) is 0. The van der Waals surface area contributed by atoms with E-state index in [0.29, 0.717) is 0 Å². The van der Waals surface area contributed by atoms with Gasteiger partial charge in [-0.1, -0.05) is 72.4 Å². The molecule has 0 spiro atoms. The Bertz CT molecular complexity index is 1260. The molecule has 0 saturated carbocycles. The number of aromatic nitrogens is 1. The zero-order valence-corrected chi connectivity index (χ0v) is 17.3. The molecule has 29 heavy (non-hydrogen) atoms. The lowest BCUT2D eigenvalue weighted by atomic mass is 9.93. The molecule has 5 rings (SSSR count). The first kappa shape index (κ1) is 18.0. The third-order valence-electron chi connectivity index (χ3n) is 5.25. The molecule has 0 unspecified atom stereocenters. The van der Waals surface area contributed by atoms with Crippen molar-refractivity contribution in [2.24, 2.45) is 0 Å². The number of pyridine rings is 1. The molecule has 0 fully saturated rings. The lowest BCUT2D eigenvalue weighted by molar-refractivity contribution is 1.29. The normalized spacial score (nSPS) is 11.2. The molecule has 2 heteroatoms. The summed E-state index contributed by atoms with van der Waals surface area (Å²) in [6.45, 7) is 4.32. The highest BCUT2D eigenvalue weighted by molar-refractivity contribution is 7.99. The molecule has 0 aliphatic rings. The molecule has 140 valence electrons. The highest BCUT2D eigenvalue weighted by Crippen LogP contribution is 2.44. The van der Waals surface area contributed by atoms with Gasteiger partial charge in [-0.2, -0.15) is 0 Å². The summed E-state index contributed by atoms with van der Waals surface area (Å²) in [5, 5.41) is 5.01. The highest BCUT2D eigenvalue weighted by Gasteiger charge is 2.16. The molecule has 0 amide bonds. The van der Waals surface area contributed by atoms with Crippen molar-refractivity contribution in [3.8, 4) is 11.1 Å². The van der Waals surface area contributed by atoms with Crippen LogP contribution in [0.25, 0.3) is 32.7 Å². The van der Waals surface area contributed by atoms with E-state index in [1.165, 1.54) is 53.6 Å². The van der Waals surface area contributed by atoms with E-state index >= 15 is 0 Å². The summed E-state index contributed by atoms with van der Waals surface area (Å²) in [6, 6.07) is 28.3. The van der Waals surface area contributed by atoms with E-state index in [0.717, 1.165) is 0 Å². The van der Waals surface area contributed by atoms with Crippen LogP contribution in [0.5, 0.6) is 0 Å². The molecule has 0 radical (unpaired) electrons. The predicted molar refractivity (Wildman–Crippen MR) is 125 cm³/mol. The van der Waals surface area contributed by atoms with Gasteiger partial charge < -0.3 is 0 Å². The zero-order valence-electron chi connectivity index (χ0n) is 16.5. The minimum atomic E-state index is 1.20. The van der Waals surface area contributed by atoms with Gasteiger partial charge in [0, 0.05) is 27.6 Å². The second-order valence-electron chi connectivity index (χ2n) is 7.46. The van der Waals surface area contributed by atoms with E-state index < -0.39 is 0 Å². The van der Waals surface area contributed by atoms with Crippen LogP contribution in [-0.2, 0) is 0 Å². The van der Waals surface area contributed by atoms with Crippen molar-refractivity contribution in [3.05, 3.63) is 102 Å². The van der Waals surface area contributed by atoms with Crippen LogP contribution >= 0.6 is 11.8 Å². The quantitative estimate of drug-likeness (QED) is 0.291. The van der Waals surface area contributed by atoms with Crippen molar-refractivity contribution >= 4 is 33.3 Å². The van der Waals surface area contributed by atoms with Crippen molar-refractivity contribution in [1.29, 1.82) is 0 Å². The maximum absolute atomic E-state index is 4.47. The predicted octanol–water partition coefficient (Wildman–Crippen LogP) is 7.82. The van der Waals surface area contributed by atoms with Gasteiger partial charge in [-0.3, -0.25) is 4.98 Å². The van der Waals surface area contributed by atoms with E-state index in [9.17, 15) is 0 Å². The van der Waals surface area contributed by atoms with Crippen molar-refractivity contribution < 1.29 is 0 Å². The molecule has 1 aromatic heterocycles. The van der Waals surface area contributed by atoms with Crippen molar-refractivity contribution in [3.63, 3.8) is 0 Å². The SMILES string of the molecule is Cc1cc(C)cc(Sc2c3ccccc3c(-c3ccccc3)c3cnccc23)c1. The number of hydrogen-bond acceptors (Lipinski definition) is 2. The van der Waals surface area contributed by atoms with Crippen LogP contribution < -0.4 is 0 Å².